The van der Waals surface area contributed by atoms with Crippen molar-refractivity contribution < 1.29 is 9.90 Å². The lowest BCUT2D eigenvalue weighted by molar-refractivity contribution is -0.141. The number of pyridine rings is 1. The Kier molecular flexibility index (Phi) is 3.50. The summed E-state index contributed by atoms with van der Waals surface area (Å²) in [5.41, 5.74) is 0.385. The molecule has 0 aliphatic carbocycles. The summed E-state index contributed by atoms with van der Waals surface area (Å²) in [5, 5.41) is 13.8. The fraction of sp³-hybridized carbons (Fsp3) is 0.385. The van der Waals surface area contributed by atoms with Crippen molar-refractivity contribution in [1.29, 1.82) is 0 Å². The summed E-state index contributed by atoms with van der Waals surface area (Å²) in [6.07, 6.45) is 3.36. The quantitative estimate of drug-likeness (QED) is 0.858. The Balaban J connectivity index is 1.96. The molecule has 3 heterocycles. The van der Waals surface area contributed by atoms with Gasteiger partial charge in [-0.1, -0.05) is 17.7 Å². The van der Waals surface area contributed by atoms with E-state index in [0.29, 0.717) is 23.8 Å². The number of fused-ring (bicyclic) bond motifs is 1. The first-order chi connectivity index (χ1) is 10.1. The minimum Gasteiger partial charge on any atom is -0.480 e. The average molecular weight is 309 g/mol. The molecule has 110 valence electrons. The van der Waals surface area contributed by atoms with Gasteiger partial charge in [-0.15, -0.1) is 0 Å². The molecule has 21 heavy (non-hydrogen) atoms. The monoisotopic (exact) mass is 308 g/mol. The lowest BCUT2D eigenvalue weighted by Crippen LogP contribution is -2.34. The van der Waals surface area contributed by atoms with Crippen LogP contribution in [-0.4, -0.2) is 30.4 Å². The van der Waals surface area contributed by atoms with Gasteiger partial charge in [-0.05, 0) is 24.5 Å². The summed E-state index contributed by atoms with van der Waals surface area (Å²) >= 11 is 5.72. The van der Waals surface area contributed by atoms with Crippen LogP contribution in [0.4, 0.5) is 0 Å². The molecule has 2 aromatic rings. The molecule has 0 aromatic carbocycles. The summed E-state index contributed by atoms with van der Waals surface area (Å²) in [5.74, 6) is -0.466. The molecule has 8 heteroatoms. The van der Waals surface area contributed by atoms with Crippen LogP contribution in [0.5, 0.6) is 0 Å². The van der Waals surface area contributed by atoms with E-state index in [1.54, 1.807) is 18.3 Å². The number of hydrogen-bond donors (Lipinski definition) is 1. The van der Waals surface area contributed by atoms with E-state index in [9.17, 15) is 14.7 Å². The van der Waals surface area contributed by atoms with Gasteiger partial charge in [0, 0.05) is 12.6 Å². The van der Waals surface area contributed by atoms with Crippen LogP contribution >= 0.6 is 11.6 Å². The molecule has 0 fully saturated rings. The standard InChI is InChI=1S/C13H13ClN4O3/c14-10-5-4-8(6-15-10)7-17-13(21)18-9(12(19)20)2-1-3-11(18)16-17/h4-6,9H,1-3,7H2,(H,19,20). The number of rotatable bonds is 3. The molecule has 1 N–H and O–H groups in total. The molecule has 0 amide bonds. The number of carboxylic acids is 1. The van der Waals surface area contributed by atoms with Gasteiger partial charge >= 0.3 is 11.7 Å². The molecule has 1 unspecified atom stereocenters. The van der Waals surface area contributed by atoms with Crippen LogP contribution < -0.4 is 5.69 Å². The number of carbonyl (C=O) groups is 1. The maximum Gasteiger partial charge on any atom is 0.347 e. The van der Waals surface area contributed by atoms with Crippen LogP contribution in [0.1, 0.15) is 30.3 Å². The molecule has 1 atom stereocenters. The highest BCUT2D eigenvalue weighted by Gasteiger charge is 2.30. The summed E-state index contributed by atoms with van der Waals surface area (Å²) in [7, 11) is 0. The minimum atomic E-state index is -0.995. The first kappa shape index (κ1) is 13.8. The molecule has 7 nitrogen and oxygen atoms in total. The first-order valence-corrected chi connectivity index (χ1v) is 6.95. The number of carboxylic acid groups (broad SMARTS) is 1. The van der Waals surface area contributed by atoms with Gasteiger partial charge in [0.25, 0.3) is 0 Å². The predicted molar refractivity (Wildman–Crippen MR) is 74.4 cm³/mol. The van der Waals surface area contributed by atoms with E-state index in [-0.39, 0.29) is 6.54 Å². The third-order valence-electron chi connectivity index (χ3n) is 3.54. The fourth-order valence-electron chi connectivity index (χ4n) is 2.54. The smallest absolute Gasteiger partial charge is 0.347 e. The van der Waals surface area contributed by atoms with Crippen molar-refractivity contribution in [2.45, 2.75) is 31.8 Å². The highest BCUT2D eigenvalue weighted by molar-refractivity contribution is 6.29. The lowest BCUT2D eigenvalue weighted by Gasteiger charge is -2.19. The normalized spacial score (nSPS) is 17.5. The Labute approximate surface area is 124 Å². The first-order valence-electron chi connectivity index (χ1n) is 6.57. The number of halogens is 1. The largest absolute Gasteiger partial charge is 0.480 e. The van der Waals surface area contributed by atoms with E-state index in [2.05, 4.69) is 10.1 Å². The van der Waals surface area contributed by atoms with Gasteiger partial charge in [-0.3, -0.25) is 4.57 Å². The second-order valence-electron chi connectivity index (χ2n) is 4.96. The molecule has 0 saturated carbocycles. The number of aromatic nitrogens is 4. The zero-order valence-electron chi connectivity index (χ0n) is 11.1. The van der Waals surface area contributed by atoms with E-state index < -0.39 is 17.7 Å². The molecule has 1 aliphatic rings. The summed E-state index contributed by atoms with van der Waals surface area (Å²) in [6.45, 7) is 0.245. The van der Waals surface area contributed by atoms with E-state index in [1.165, 1.54) is 9.25 Å². The van der Waals surface area contributed by atoms with Gasteiger partial charge in [0.05, 0.1) is 6.54 Å². The number of nitrogens with zero attached hydrogens (tertiary/aromatic N) is 4. The van der Waals surface area contributed by atoms with Crippen molar-refractivity contribution in [3.05, 3.63) is 45.4 Å². The third-order valence-corrected chi connectivity index (χ3v) is 3.76. The van der Waals surface area contributed by atoms with Gasteiger partial charge in [0.1, 0.15) is 17.0 Å². The second kappa shape index (κ2) is 5.33. The summed E-state index contributed by atoms with van der Waals surface area (Å²) < 4.78 is 2.57. The molecule has 3 rings (SSSR count). The van der Waals surface area contributed by atoms with Crippen molar-refractivity contribution >= 4 is 17.6 Å². The van der Waals surface area contributed by atoms with Gasteiger partial charge in [-0.25, -0.2) is 19.3 Å². The van der Waals surface area contributed by atoms with Crippen LogP contribution in [0.25, 0.3) is 0 Å². The van der Waals surface area contributed by atoms with Gasteiger partial charge in [0.2, 0.25) is 0 Å². The zero-order chi connectivity index (χ0) is 15.0. The van der Waals surface area contributed by atoms with Crippen LogP contribution in [0.3, 0.4) is 0 Å². The van der Waals surface area contributed by atoms with Crippen molar-refractivity contribution in [3.8, 4) is 0 Å². The van der Waals surface area contributed by atoms with Gasteiger partial charge in [0.15, 0.2) is 0 Å². The van der Waals surface area contributed by atoms with Crippen molar-refractivity contribution in [2.75, 3.05) is 0 Å². The summed E-state index contributed by atoms with van der Waals surface area (Å²) in [6, 6.07) is 2.57. The molecule has 0 radical (unpaired) electrons. The summed E-state index contributed by atoms with van der Waals surface area (Å²) in [4.78, 5) is 27.6. The van der Waals surface area contributed by atoms with E-state index in [0.717, 1.165) is 12.0 Å². The molecule has 0 saturated heterocycles. The molecular weight excluding hydrogens is 296 g/mol. The Morgan fingerprint density at radius 3 is 2.95 bits per heavy atom. The minimum absolute atomic E-state index is 0.245. The van der Waals surface area contributed by atoms with Gasteiger partial charge < -0.3 is 5.11 Å². The fourth-order valence-corrected chi connectivity index (χ4v) is 2.65. The van der Waals surface area contributed by atoms with Gasteiger partial charge in [-0.2, -0.15) is 5.10 Å². The molecule has 1 aliphatic heterocycles. The molecule has 2 aromatic heterocycles. The average Bonchev–Trinajstić information content (AvgIpc) is 2.78. The van der Waals surface area contributed by atoms with E-state index in [1.807, 2.05) is 0 Å². The molecule has 0 bridgehead atoms. The molecular formula is C13H13ClN4O3. The van der Waals surface area contributed by atoms with Crippen LogP contribution in [0.2, 0.25) is 5.15 Å². The zero-order valence-corrected chi connectivity index (χ0v) is 11.8. The highest BCUT2D eigenvalue weighted by Crippen LogP contribution is 2.21. The third kappa shape index (κ3) is 2.56. The van der Waals surface area contributed by atoms with E-state index >= 15 is 0 Å². The van der Waals surface area contributed by atoms with Crippen molar-refractivity contribution in [3.63, 3.8) is 0 Å². The molecule has 0 spiro atoms. The lowest BCUT2D eigenvalue weighted by atomic mass is 10.1. The maximum absolute atomic E-state index is 12.4. The van der Waals surface area contributed by atoms with Crippen molar-refractivity contribution in [1.82, 2.24) is 19.3 Å². The number of aryl methyl sites for hydroxylation is 1. The maximum atomic E-state index is 12.4. The Hall–Kier alpha value is -2.15. The number of hydrogen-bond acceptors (Lipinski definition) is 4. The van der Waals surface area contributed by atoms with Crippen molar-refractivity contribution in [2.24, 2.45) is 0 Å². The topological polar surface area (TPSA) is 90.0 Å². The second-order valence-corrected chi connectivity index (χ2v) is 5.35. The van der Waals surface area contributed by atoms with Crippen LogP contribution in [0, 0.1) is 0 Å². The Bertz CT molecular complexity index is 735. The number of aliphatic carboxylic acids is 1. The van der Waals surface area contributed by atoms with E-state index in [4.69, 9.17) is 11.6 Å². The van der Waals surface area contributed by atoms with Crippen LogP contribution in [0.15, 0.2) is 23.1 Å². The predicted octanol–water partition coefficient (Wildman–Crippen LogP) is 1.10. The Morgan fingerprint density at radius 2 is 2.29 bits per heavy atom. The highest BCUT2D eigenvalue weighted by atomic mass is 35.5. The Morgan fingerprint density at radius 1 is 1.48 bits per heavy atom. The van der Waals surface area contributed by atoms with Crippen LogP contribution in [-0.2, 0) is 17.8 Å². The SMILES string of the molecule is O=C(O)C1CCCc2nn(Cc3ccc(Cl)nc3)c(=O)n21.